The van der Waals surface area contributed by atoms with Gasteiger partial charge in [0, 0.05) is 16.8 Å². The number of hydrogen-bond donors (Lipinski definition) is 3. The Kier molecular flexibility index (Phi) is 4.50. The Hall–Kier alpha value is -2.32. The number of nitrogens with one attached hydrogen (secondary N) is 2. The van der Waals surface area contributed by atoms with Crippen molar-refractivity contribution in [2.24, 2.45) is 16.6 Å². The van der Waals surface area contributed by atoms with Crippen LogP contribution in [0.5, 0.6) is 0 Å². The van der Waals surface area contributed by atoms with Crippen molar-refractivity contribution < 1.29 is 17.6 Å². The summed E-state index contributed by atoms with van der Waals surface area (Å²) in [6.07, 6.45) is -3.55. The lowest BCUT2D eigenvalue weighted by molar-refractivity contribution is -0.165. The molecule has 0 amide bonds. The highest BCUT2D eigenvalue weighted by molar-refractivity contribution is 6.30. The van der Waals surface area contributed by atoms with Crippen LogP contribution in [0.4, 0.5) is 23.2 Å². The largest absolute Gasteiger partial charge is 0.404 e. The van der Waals surface area contributed by atoms with E-state index in [9.17, 15) is 17.6 Å². The molecule has 0 radical (unpaired) electrons. The zero-order valence-electron chi connectivity index (χ0n) is 14.5. The summed E-state index contributed by atoms with van der Waals surface area (Å²) in [5.74, 6) is -2.90. The second-order valence-electron chi connectivity index (χ2n) is 7.01. The number of para-hydroxylation sites is 1. The Morgan fingerprint density at radius 1 is 1.21 bits per heavy atom. The molecular weight excluding hydrogens is 396 g/mol. The van der Waals surface area contributed by atoms with E-state index in [0.29, 0.717) is 24.1 Å². The summed E-state index contributed by atoms with van der Waals surface area (Å²) >= 11 is 5.90. The van der Waals surface area contributed by atoms with Gasteiger partial charge in [-0.25, -0.2) is 9.38 Å². The van der Waals surface area contributed by atoms with Crippen molar-refractivity contribution in [1.29, 1.82) is 0 Å². The Balaban J connectivity index is 1.85. The third-order valence-corrected chi connectivity index (χ3v) is 5.24. The standard InChI is InChI=1S/C19H17ClF4N4/c20-13-9-11(7-8-14(13)21)19(27-16(10-5-6-10)18(22,23)24)26-15-4-2-1-3-12(15)17(25)28-19/h1-4,7-10,16,26-27H,5-6H2,(H2,25,28). The van der Waals surface area contributed by atoms with Crippen molar-refractivity contribution in [3.05, 3.63) is 64.4 Å². The van der Waals surface area contributed by atoms with Crippen LogP contribution >= 0.6 is 11.6 Å². The molecule has 4 rings (SSSR count). The minimum atomic E-state index is -4.49. The third kappa shape index (κ3) is 3.42. The van der Waals surface area contributed by atoms with E-state index < -0.39 is 29.7 Å². The molecule has 2 aromatic carbocycles. The fraction of sp³-hybridized carbons (Fsp3) is 0.316. The Morgan fingerprint density at radius 3 is 2.57 bits per heavy atom. The number of rotatable bonds is 4. The van der Waals surface area contributed by atoms with Crippen LogP contribution in [0, 0.1) is 11.7 Å². The number of hydrogen-bond acceptors (Lipinski definition) is 4. The molecule has 2 unspecified atom stereocenters. The molecule has 2 aliphatic rings. The summed E-state index contributed by atoms with van der Waals surface area (Å²) < 4.78 is 54.9. The maximum Gasteiger partial charge on any atom is 0.404 e. The van der Waals surface area contributed by atoms with Crippen LogP contribution in [0.15, 0.2) is 47.5 Å². The van der Waals surface area contributed by atoms with Gasteiger partial charge in [0.25, 0.3) is 0 Å². The molecular formula is C19H17ClF4N4. The Bertz CT molecular complexity index is 942. The SMILES string of the molecule is NC1=NC(NC(C2CC2)C(F)(F)F)(c2ccc(F)c(Cl)c2)Nc2ccccc21. The number of halogens is 5. The van der Waals surface area contributed by atoms with Crippen LogP contribution in [-0.4, -0.2) is 18.1 Å². The van der Waals surface area contributed by atoms with Gasteiger partial charge >= 0.3 is 6.18 Å². The lowest BCUT2D eigenvalue weighted by Gasteiger charge is -2.40. The molecule has 2 atom stereocenters. The van der Waals surface area contributed by atoms with Gasteiger partial charge < -0.3 is 11.1 Å². The molecule has 0 spiro atoms. The number of nitrogens with two attached hydrogens (primary N) is 1. The number of alkyl halides is 3. The van der Waals surface area contributed by atoms with Crippen molar-refractivity contribution in [2.75, 3.05) is 5.32 Å². The van der Waals surface area contributed by atoms with Crippen molar-refractivity contribution in [3.8, 4) is 0 Å². The first-order chi connectivity index (χ1) is 13.2. The summed E-state index contributed by atoms with van der Waals surface area (Å²) in [6, 6.07) is 8.77. The van der Waals surface area contributed by atoms with Gasteiger partial charge in [-0.2, -0.15) is 13.2 Å². The quantitative estimate of drug-likeness (QED) is 0.654. The smallest absolute Gasteiger partial charge is 0.383 e. The molecule has 2 aromatic rings. The van der Waals surface area contributed by atoms with Crippen LogP contribution in [0.2, 0.25) is 5.02 Å². The Labute approximate surface area is 163 Å². The van der Waals surface area contributed by atoms with Gasteiger partial charge in [-0.15, -0.1) is 0 Å². The molecule has 1 aliphatic heterocycles. The summed E-state index contributed by atoms with van der Waals surface area (Å²) in [6.45, 7) is 0. The fourth-order valence-corrected chi connectivity index (χ4v) is 3.59. The number of anilines is 1. The van der Waals surface area contributed by atoms with E-state index in [1.807, 2.05) is 0 Å². The van der Waals surface area contributed by atoms with Crippen molar-refractivity contribution >= 4 is 23.1 Å². The van der Waals surface area contributed by atoms with Crippen LogP contribution < -0.4 is 16.4 Å². The van der Waals surface area contributed by atoms with Crippen LogP contribution in [0.25, 0.3) is 0 Å². The summed E-state index contributed by atoms with van der Waals surface area (Å²) in [5.41, 5.74) is 7.40. The maximum absolute atomic E-state index is 13.7. The number of nitrogens with zero attached hydrogens (tertiary/aromatic N) is 1. The highest BCUT2D eigenvalue weighted by Gasteiger charge is 2.53. The van der Waals surface area contributed by atoms with Gasteiger partial charge in [0.1, 0.15) is 17.7 Å². The van der Waals surface area contributed by atoms with Crippen LogP contribution in [0.3, 0.4) is 0 Å². The topological polar surface area (TPSA) is 62.4 Å². The highest BCUT2D eigenvalue weighted by atomic mass is 35.5. The zero-order valence-corrected chi connectivity index (χ0v) is 15.3. The highest BCUT2D eigenvalue weighted by Crippen LogP contribution is 2.43. The van der Waals surface area contributed by atoms with Crippen molar-refractivity contribution in [1.82, 2.24) is 5.32 Å². The lowest BCUT2D eigenvalue weighted by Crippen LogP contribution is -2.59. The van der Waals surface area contributed by atoms with Gasteiger partial charge in [-0.3, -0.25) is 5.32 Å². The van der Waals surface area contributed by atoms with Gasteiger partial charge in [-0.1, -0.05) is 29.8 Å². The van der Waals surface area contributed by atoms with E-state index in [4.69, 9.17) is 17.3 Å². The van der Waals surface area contributed by atoms with Gasteiger partial charge in [0.05, 0.1) is 5.02 Å². The van der Waals surface area contributed by atoms with Gasteiger partial charge in [0.15, 0.2) is 0 Å². The van der Waals surface area contributed by atoms with Crippen molar-refractivity contribution in [2.45, 2.75) is 30.8 Å². The summed E-state index contributed by atoms with van der Waals surface area (Å²) in [4.78, 5) is 4.35. The fourth-order valence-electron chi connectivity index (χ4n) is 3.41. The molecule has 1 heterocycles. The monoisotopic (exact) mass is 412 g/mol. The second kappa shape index (κ2) is 6.63. The van der Waals surface area contributed by atoms with E-state index in [1.54, 1.807) is 24.3 Å². The molecule has 1 aliphatic carbocycles. The molecule has 148 valence electrons. The first kappa shape index (κ1) is 19.0. The maximum atomic E-state index is 13.7. The molecule has 1 saturated carbocycles. The predicted octanol–water partition coefficient (Wildman–Crippen LogP) is 4.35. The van der Waals surface area contributed by atoms with Crippen molar-refractivity contribution in [3.63, 3.8) is 0 Å². The first-order valence-electron chi connectivity index (χ1n) is 8.72. The first-order valence-corrected chi connectivity index (χ1v) is 9.10. The minimum absolute atomic E-state index is 0.0685. The number of fused-ring (bicyclic) bond motifs is 1. The molecule has 0 aromatic heterocycles. The van der Waals surface area contributed by atoms with E-state index in [-0.39, 0.29) is 16.4 Å². The van der Waals surface area contributed by atoms with Crippen LogP contribution in [0.1, 0.15) is 24.0 Å². The van der Waals surface area contributed by atoms with Gasteiger partial charge in [0.2, 0.25) is 5.79 Å². The van der Waals surface area contributed by atoms with E-state index in [0.717, 1.165) is 6.07 Å². The van der Waals surface area contributed by atoms with Gasteiger partial charge in [-0.05, 0) is 43.0 Å². The number of benzene rings is 2. The normalized spacial score (nSPS) is 22.8. The third-order valence-electron chi connectivity index (χ3n) is 4.95. The summed E-state index contributed by atoms with van der Waals surface area (Å²) in [5, 5.41) is 5.43. The molecule has 28 heavy (non-hydrogen) atoms. The van der Waals surface area contributed by atoms with E-state index in [1.165, 1.54) is 12.1 Å². The van der Waals surface area contributed by atoms with Crippen LogP contribution in [-0.2, 0) is 5.79 Å². The summed E-state index contributed by atoms with van der Waals surface area (Å²) in [7, 11) is 0. The molecule has 1 fully saturated rings. The molecule has 9 heteroatoms. The predicted molar refractivity (Wildman–Crippen MR) is 99.6 cm³/mol. The van der Waals surface area contributed by atoms with E-state index in [2.05, 4.69) is 15.6 Å². The van der Waals surface area contributed by atoms with E-state index >= 15 is 0 Å². The molecule has 4 nitrogen and oxygen atoms in total. The zero-order chi connectivity index (χ0) is 20.1. The average Bonchev–Trinajstić information content (AvgIpc) is 3.46. The second-order valence-corrected chi connectivity index (χ2v) is 7.42. The molecule has 0 bridgehead atoms. The lowest BCUT2D eigenvalue weighted by atomic mass is 10.00. The Morgan fingerprint density at radius 2 is 1.93 bits per heavy atom. The number of aliphatic imine (C=N–C) groups is 1. The molecule has 4 N–H and O–H groups in total. The molecule has 0 saturated heterocycles. The number of amidine groups is 1. The minimum Gasteiger partial charge on any atom is -0.383 e. The average molecular weight is 413 g/mol.